The number of benzene rings is 2. The number of Topliss-reactive ketones (excluding diaryl/α,β-unsaturated/α-hetero) is 1. The monoisotopic (exact) mass is 392 g/mol. The highest BCUT2D eigenvalue weighted by Crippen LogP contribution is 2.43. The maximum atomic E-state index is 12.5. The largest absolute Gasteiger partial charge is 0.507 e. The first kappa shape index (κ1) is 18.6. The number of carbonyl (C=O) groups is 1. The van der Waals surface area contributed by atoms with Gasteiger partial charge >= 0.3 is 0 Å². The molecule has 0 radical (unpaired) electrons. The molecule has 3 rings (SSSR count). The van der Waals surface area contributed by atoms with Crippen LogP contribution in [-0.4, -0.2) is 17.5 Å². The van der Waals surface area contributed by atoms with Crippen molar-refractivity contribution < 1.29 is 19.4 Å². The number of hydrogen-bond donors (Lipinski definition) is 1. The molecule has 0 aromatic heterocycles. The zero-order valence-electron chi connectivity index (χ0n) is 14.4. The second-order valence-corrected chi connectivity index (χ2v) is 7.15. The number of halogens is 2. The van der Waals surface area contributed by atoms with Crippen molar-refractivity contribution in [1.82, 2.24) is 0 Å². The average molecular weight is 393 g/mol. The zero-order chi connectivity index (χ0) is 18.8. The highest BCUT2D eigenvalue weighted by molar-refractivity contribution is 6.35. The van der Waals surface area contributed by atoms with E-state index >= 15 is 0 Å². The van der Waals surface area contributed by atoms with Crippen LogP contribution in [0.2, 0.25) is 10.0 Å². The molecule has 1 aliphatic rings. The van der Waals surface area contributed by atoms with Gasteiger partial charge in [-0.25, -0.2) is 0 Å². The Labute approximate surface area is 162 Å². The van der Waals surface area contributed by atoms with Crippen molar-refractivity contribution in [2.45, 2.75) is 26.4 Å². The van der Waals surface area contributed by atoms with Crippen LogP contribution in [0.5, 0.6) is 17.2 Å². The van der Waals surface area contributed by atoms with Crippen LogP contribution in [0, 0.1) is 0 Å². The standard InChI is InChI=1S/C20H18Cl2O4/c1-11(2)5-6-25-13-8-16(23)20-17(24)10-18(26-19(20)9-13)14-4-3-12(21)7-15(14)22/h3-5,7-9,18,23H,6,10H2,1-2H3. The minimum Gasteiger partial charge on any atom is -0.507 e. The van der Waals surface area contributed by atoms with Crippen molar-refractivity contribution in [3.8, 4) is 17.2 Å². The number of allylic oxidation sites excluding steroid dienone is 1. The second kappa shape index (κ2) is 7.60. The van der Waals surface area contributed by atoms with E-state index in [0.29, 0.717) is 28.0 Å². The molecule has 6 heteroatoms. The molecule has 1 aliphatic heterocycles. The van der Waals surface area contributed by atoms with Crippen molar-refractivity contribution in [1.29, 1.82) is 0 Å². The minimum absolute atomic E-state index is 0.0832. The lowest BCUT2D eigenvalue weighted by Crippen LogP contribution is -2.21. The van der Waals surface area contributed by atoms with Gasteiger partial charge in [0.1, 0.15) is 35.5 Å². The number of aromatic hydroxyl groups is 1. The Morgan fingerprint density at radius 1 is 1.31 bits per heavy atom. The molecule has 0 amide bonds. The molecular formula is C20H18Cl2O4. The first-order chi connectivity index (χ1) is 12.3. The van der Waals surface area contributed by atoms with Crippen molar-refractivity contribution in [2.24, 2.45) is 0 Å². The van der Waals surface area contributed by atoms with Crippen LogP contribution in [-0.2, 0) is 0 Å². The molecule has 0 saturated heterocycles. The molecule has 0 aliphatic carbocycles. The number of carbonyl (C=O) groups excluding carboxylic acids is 1. The molecule has 1 unspecified atom stereocenters. The molecule has 4 nitrogen and oxygen atoms in total. The molecule has 0 fully saturated rings. The summed E-state index contributed by atoms with van der Waals surface area (Å²) in [6, 6.07) is 8.08. The van der Waals surface area contributed by atoms with Crippen LogP contribution < -0.4 is 9.47 Å². The molecule has 2 aromatic carbocycles. The quantitative estimate of drug-likeness (QED) is 0.672. The van der Waals surface area contributed by atoms with E-state index in [1.54, 1.807) is 24.3 Å². The summed E-state index contributed by atoms with van der Waals surface area (Å²) in [6.45, 7) is 4.30. The lowest BCUT2D eigenvalue weighted by atomic mass is 9.95. The molecule has 0 bridgehead atoms. The maximum absolute atomic E-state index is 12.5. The number of hydrogen-bond acceptors (Lipinski definition) is 4. The lowest BCUT2D eigenvalue weighted by molar-refractivity contribution is 0.0845. The van der Waals surface area contributed by atoms with E-state index < -0.39 is 6.10 Å². The summed E-state index contributed by atoms with van der Waals surface area (Å²) in [7, 11) is 0. The molecule has 0 saturated carbocycles. The average Bonchev–Trinajstić information content (AvgIpc) is 2.53. The molecule has 26 heavy (non-hydrogen) atoms. The van der Waals surface area contributed by atoms with E-state index in [4.69, 9.17) is 32.7 Å². The van der Waals surface area contributed by atoms with Crippen molar-refractivity contribution >= 4 is 29.0 Å². The highest BCUT2D eigenvalue weighted by Gasteiger charge is 2.32. The van der Waals surface area contributed by atoms with Gasteiger partial charge < -0.3 is 14.6 Å². The zero-order valence-corrected chi connectivity index (χ0v) is 15.9. The third kappa shape index (κ3) is 3.97. The Morgan fingerprint density at radius 2 is 2.08 bits per heavy atom. The third-order valence-electron chi connectivity index (χ3n) is 4.02. The minimum atomic E-state index is -0.549. The van der Waals surface area contributed by atoms with Gasteiger partial charge in [0.2, 0.25) is 0 Å². The van der Waals surface area contributed by atoms with Crippen molar-refractivity contribution in [3.05, 3.63) is 63.2 Å². The van der Waals surface area contributed by atoms with E-state index in [1.807, 2.05) is 19.9 Å². The fourth-order valence-electron chi connectivity index (χ4n) is 2.74. The first-order valence-electron chi connectivity index (χ1n) is 8.13. The van der Waals surface area contributed by atoms with Crippen LogP contribution in [0.3, 0.4) is 0 Å². The number of ketones is 1. The molecule has 0 spiro atoms. The first-order valence-corrected chi connectivity index (χ1v) is 8.88. The number of phenolic OH excluding ortho intramolecular Hbond substituents is 1. The normalized spacial score (nSPS) is 15.8. The van der Waals surface area contributed by atoms with Gasteiger partial charge in [0, 0.05) is 27.7 Å². The molecule has 1 atom stereocenters. The number of fused-ring (bicyclic) bond motifs is 1. The molecule has 2 aromatic rings. The lowest BCUT2D eigenvalue weighted by Gasteiger charge is -2.27. The van der Waals surface area contributed by atoms with Crippen LogP contribution in [0.4, 0.5) is 0 Å². The SMILES string of the molecule is CC(C)=CCOc1cc(O)c2c(c1)OC(c1ccc(Cl)cc1Cl)CC2=O. The van der Waals surface area contributed by atoms with Crippen molar-refractivity contribution in [2.75, 3.05) is 6.61 Å². The number of phenols is 1. The van der Waals surface area contributed by atoms with E-state index in [2.05, 4.69) is 0 Å². The Hall–Kier alpha value is -2.17. The van der Waals surface area contributed by atoms with E-state index in [-0.39, 0.29) is 29.3 Å². The third-order valence-corrected chi connectivity index (χ3v) is 4.59. The predicted octanol–water partition coefficient (Wildman–Crippen LogP) is 5.75. The van der Waals surface area contributed by atoms with Gasteiger partial charge in [0.05, 0.1) is 6.42 Å². The smallest absolute Gasteiger partial charge is 0.174 e. The second-order valence-electron chi connectivity index (χ2n) is 6.31. The summed E-state index contributed by atoms with van der Waals surface area (Å²) in [4.78, 5) is 12.5. The van der Waals surface area contributed by atoms with Gasteiger partial charge in [-0.05, 0) is 32.1 Å². The topological polar surface area (TPSA) is 55.8 Å². The Kier molecular flexibility index (Phi) is 5.44. The van der Waals surface area contributed by atoms with Gasteiger partial charge in [0.15, 0.2) is 5.78 Å². The summed E-state index contributed by atoms with van der Waals surface area (Å²) < 4.78 is 11.6. The van der Waals surface area contributed by atoms with Gasteiger partial charge in [0.25, 0.3) is 0 Å². The van der Waals surface area contributed by atoms with Crippen LogP contribution in [0.15, 0.2) is 42.0 Å². The summed E-state index contributed by atoms with van der Waals surface area (Å²) in [5.41, 5.74) is 1.96. The summed E-state index contributed by atoms with van der Waals surface area (Å²) in [5.74, 6) is 0.342. The number of ether oxygens (including phenoxy) is 2. The Bertz CT molecular complexity index is 886. The molecule has 1 N–H and O–H groups in total. The predicted molar refractivity (Wildman–Crippen MR) is 102 cm³/mol. The van der Waals surface area contributed by atoms with Crippen LogP contribution in [0.25, 0.3) is 0 Å². The van der Waals surface area contributed by atoms with E-state index in [0.717, 1.165) is 5.57 Å². The fraction of sp³-hybridized carbons (Fsp3) is 0.250. The summed E-state index contributed by atoms with van der Waals surface area (Å²) in [5, 5.41) is 11.2. The summed E-state index contributed by atoms with van der Waals surface area (Å²) in [6.07, 6.45) is 1.45. The fourth-order valence-corrected chi connectivity index (χ4v) is 3.27. The van der Waals surface area contributed by atoms with E-state index in [9.17, 15) is 9.90 Å². The Balaban J connectivity index is 1.91. The maximum Gasteiger partial charge on any atom is 0.174 e. The van der Waals surface area contributed by atoms with Crippen LogP contribution >= 0.6 is 23.2 Å². The summed E-state index contributed by atoms with van der Waals surface area (Å²) >= 11 is 12.2. The van der Waals surface area contributed by atoms with Crippen molar-refractivity contribution in [3.63, 3.8) is 0 Å². The van der Waals surface area contributed by atoms with E-state index in [1.165, 1.54) is 6.07 Å². The molecule has 1 heterocycles. The highest BCUT2D eigenvalue weighted by atomic mass is 35.5. The molecule has 136 valence electrons. The number of rotatable bonds is 4. The van der Waals surface area contributed by atoms with Crippen LogP contribution in [0.1, 0.15) is 42.3 Å². The molecular weight excluding hydrogens is 375 g/mol. The van der Waals surface area contributed by atoms with Gasteiger partial charge in [-0.3, -0.25) is 4.79 Å². The Morgan fingerprint density at radius 3 is 2.77 bits per heavy atom. The van der Waals surface area contributed by atoms with Gasteiger partial charge in [-0.2, -0.15) is 0 Å². The van der Waals surface area contributed by atoms with Gasteiger partial charge in [-0.15, -0.1) is 0 Å². The van der Waals surface area contributed by atoms with Gasteiger partial charge in [-0.1, -0.05) is 34.8 Å².